The third-order valence-electron chi connectivity index (χ3n) is 4.39. The number of nitrogens with one attached hydrogen (secondary N) is 3. The lowest BCUT2D eigenvalue weighted by atomic mass is 10.0. The van der Waals surface area contributed by atoms with Crippen molar-refractivity contribution in [3.05, 3.63) is 90.0 Å². The molecule has 0 spiro atoms. The van der Waals surface area contributed by atoms with Crippen molar-refractivity contribution < 1.29 is 9.59 Å². The molecule has 0 radical (unpaired) electrons. The molecule has 5 nitrogen and oxygen atoms in total. The summed E-state index contributed by atoms with van der Waals surface area (Å²) in [4.78, 5) is 25.2. The van der Waals surface area contributed by atoms with Crippen molar-refractivity contribution in [3.8, 4) is 11.1 Å². The summed E-state index contributed by atoms with van der Waals surface area (Å²) in [5.41, 5.74) is 3.19. The van der Waals surface area contributed by atoms with Crippen LogP contribution in [0.15, 0.2) is 78.9 Å². The molecule has 158 valence electrons. The van der Waals surface area contributed by atoms with Crippen LogP contribution >= 0.6 is 12.2 Å². The Hall–Kier alpha value is -3.51. The Morgan fingerprint density at radius 3 is 1.97 bits per heavy atom. The van der Waals surface area contributed by atoms with E-state index in [4.69, 9.17) is 12.2 Å². The minimum Gasteiger partial charge on any atom is -0.347 e. The zero-order chi connectivity index (χ0) is 22.4. The summed E-state index contributed by atoms with van der Waals surface area (Å²) in [5, 5.41) is 8.67. The summed E-state index contributed by atoms with van der Waals surface area (Å²) in [6.45, 7) is 5.73. The first kappa shape index (κ1) is 22.2. The van der Waals surface area contributed by atoms with Gasteiger partial charge in [-0.3, -0.25) is 14.9 Å². The van der Waals surface area contributed by atoms with Crippen LogP contribution in [0.3, 0.4) is 0 Å². The third kappa shape index (κ3) is 6.23. The van der Waals surface area contributed by atoms with E-state index < -0.39 is 0 Å². The van der Waals surface area contributed by atoms with Crippen LogP contribution in [-0.2, 0) is 0 Å². The first-order valence-electron chi connectivity index (χ1n) is 9.92. The number of para-hydroxylation sites is 1. The first-order chi connectivity index (χ1) is 14.7. The van der Waals surface area contributed by atoms with Crippen LogP contribution in [0.25, 0.3) is 11.1 Å². The number of carbonyl (C=O) groups is 2. The maximum atomic E-state index is 12.6. The number of amides is 2. The average Bonchev–Trinajstić information content (AvgIpc) is 2.73. The summed E-state index contributed by atoms with van der Waals surface area (Å²) in [5.74, 6) is -0.546. The van der Waals surface area contributed by atoms with Gasteiger partial charge >= 0.3 is 0 Å². The van der Waals surface area contributed by atoms with Gasteiger partial charge in [-0.15, -0.1) is 0 Å². The number of thiocarbonyl (C=S) groups is 1. The van der Waals surface area contributed by atoms with E-state index in [0.29, 0.717) is 16.8 Å². The van der Waals surface area contributed by atoms with E-state index in [1.54, 1.807) is 36.4 Å². The predicted molar refractivity (Wildman–Crippen MR) is 129 cm³/mol. The minimum atomic E-state index is -0.370. The van der Waals surface area contributed by atoms with E-state index in [2.05, 4.69) is 16.0 Å². The molecule has 0 bridgehead atoms. The third-order valence-corrected chi connectivity index (χ3v) is 4.59. The van der Waals surface area contributed by atoms with Crippen LogP contribution in [0.1, 0.15) is 41.5 Å². The average molecular weight is 432 g/mol. The number of rotatable bonds is 4. The standard InChI is InChI=1S/C25H25N3O2S/c1-25(2,3)28-23(30)20-11-7-8-12-21(20)26-24(31)27-22(29)19-15-13-18(14-16-19)17-9-5-4-6-10-17/h4-16H,1-3H3,(H,28,30)(H2,26,27,29,31). The Kier molecular flexibility index (Phi) is 6.82. The van der Waals surface area contributed by atoms with Crippen molar-refractivity contribution in [3.63, 3.8) is 0 Å². The molecule has 3 rings (SSSR count). The van der Waals surface area contributed by atoms with Gasteiger partial charge in [0, 0.05) is 11.1 Å². The van der Waals surface area contributed by atoms with Gasteiger partial charge in [0.2, 0.25) is 0 Å². The number of anilines is 1. The van der Waals surface area contributed by atoms with Gasteiger partial charge in [-0.05, 0) is 68.4 Å². The largest absolute Gasteiger partial charge is 0.347 e. The van der Waals surface area contributed by atoms with E-state index in [0.717, 1.165) is 11.1 Å². The second-order valence-electron chi connectivity index (χ2n) is 8.10. The van der Waals surface area contributed by atoms with E-state index in [-0.39, 0.29) is 22.5 Å². The molecule has 6 heteroatoms. The minimum absolute atomic E-state index is 0.119. The molecule has 3 aromatic rings. The summed E-state index contributed by atoms with van der Waals surface area (Å²) in [6.07, 6.45) is 0. The van der Waals surface area contributed by atoms with E-state index in [1.165, 1.54) is 0 Å². The molecule has 0 aliphatic heterocycles. The lowest BCUT2D eigenvalue weighted by molar-refractivity contribution is 0.0919. The van der Waals surface area contributed by atoms with Gasteiger partial charge in [0.05, 0.1) is 11.3 Å². The van der Waals surface area contributed by atoms with Crippen LogP contribution in [0, 0.1) is 0 Å². The fraction of sp³-hybridized carbons (Fsp3) is 0.160. The molecule has 31 heavy (non-hydrogen) atoms. The normalized spacial score (nSPS) is 10.8. The summed E-state index contributed by atoms with van der Waals surface area (Å²) in [7, 11) is 0. The Bertz CT molecular complexity index is 1090. The number of carbonyl (C=O) groups excluding carboxylic acids is 2. The number of hydrogen-bond acceptors (Lipinski definition) is 3. The molecule has 0 aromatic heterocycles. The van der Waals surface area contributed by atoms with Gasteiger partial charge in [-0.1, -0.05) is 54.6 Å². The molecule has 0 saturated heterocycles. The fourth-order valence-corrected chi connectivity index (χ4v) is 3.17. The lowest BCUT2D eigenvalue weighted by Gasteiger charge is -2.21. The van der Waals surface area contributed by atoms with Gasteiger partial charge in [0.15, 0.2) is 5.11 Å². The topological polar surface area (TPSA) is 70.2 Å². The van der Waals surface area contributed by atoms with Gasteiger partial charge in [0.1, 0.15) is 0 Å². The van der Waals surface area contributed by atoms with Crippen LogP contribution in [0.5, 0.6) is 0 Å². The quantitative estimate of drug-likeness (QED) is 0.508. The Labute approximate surface area is 187 Å². The molecule has 0 atom stereocenters. The van der Waals surface area contributed by atoms with Crippen molar-refractivity contribution >= 4 is 34.8 Å². The molecule has 2 amide bonds. The highest BCUT2D eigenvalue weighted by molar-refractivity contribution is 7.80. The first-order valence-corrected chi connectivity index (χ1v) is 10.3. The van der Waals surface area contributed by atoms with Crippen molar-refractivity contribution in [1.29, 1.82) is 0 Å². The Balaban J connectivity index is 1.66. The zero-order valence-corrected chi connectivity index (χ0v) is 18.5. The summed E-state index contributed by atoms with van der Waals surface area (Å²) >= 11 is 5.30. The van der Waals surface area contributed by atoms with Crippen LogP contribution in [0.4, 0.5) is 5.69 Å². The highest BCUT2D eigenvalue weighted by Gasteiger charge is 2.18. The monoisotopic (exact) mass is 431 g/mol. The molecular weight excluding hydrogens is 406 g/mol. The molecule has 3 aromatic carbocycles. The maximum absolute atomic E-state index is 12.6. The molecular formula is C25H25N3O2S. The Morgan fingerprint density at radius 2 is 1.32 bits per heavy atom. The molecule has 3 N–H and O–H groups in total. The van der Waals surface area contributed by atoms with Gasteiger partial charge in [0.25, 0.3) is 11.8 Å². The molecule has 0 unspecified atom stereocenters. The molecule has 0 saturated carbocycles. The van der Waals surface area contributed by atoms with E-state index in [1.807, 2.05) is 63.2 Å². The predicted octanol–water partition coefficient (Wildman–Crippen LogP) is 5.01. The van der Waals surface area contributed by atoms with Crippen LogP contribution < -0.4 is 16.0 Å². The maximum Gasteiger partial charge on any atom is 0.257 e. The van der Waals surface area contributed by atoms with E-state index in [9.17, 15) is 9.59 Å². The molecule has 0 aliphatic rings. The Morgan fingerprint density at radius 1 is 0.742 bits per heavy atom. The van der Waals surface area contributed by atoms with Gasteiger partial charge < -0.3 is 10.6 Å². The highest BCUT2D eigenvalue weighted by Crippen LogP contribution is 2.19. The van der Waals surface area contributed by atoms with E-state index >= 15 is 0 Å². The molecule has 0 heterocycles. The summed E-state index contributed by atoms with van der Waals surface area (Å²) in [6, 6.07) is 24.3. The number of benzene rings is 3. The molecule has 0 fully saturated rings. The second-order valence-corrected chi connectivity index (χ2v) is 8.51. The smallest absolute Gasteiger partial charge is 0.257 e. The zero-order valence-electron chi connectivity index (χ0n) is 17.7. The fourth-order valence-electron chi connectivity index (χ4n) is 2.97. The SMILES string of the molecule is CC(C)(C)NC(=O)c1ccccc1NC(=S)NC(=O)c1ccc(-c2ccccc2)cc1. The lowest BCUT2D eigenvalue weighted by Crippen LogP contribution is -2.41. The van der Waals surface area contributed by atoms with Gasteiger partial charge in [-0.25, -0.2) is 0 Å². The van der Waals surface area contributed by atoms with Crippen molar-refractivity contribution in [2.75, 3.05) is 5.32 Å². The molecule has 0 aliphatic carbocycles. The van der Waals surface area contributed by atoms with Gasteiger partial charge in [-0.2, -0.15) is 0 Å². The highest BCUT2D eigenvalue weighted by atomic mass is 32.1. The van der Waals surface area contributed by atoms with Crippen LogP contribution in [0.2, 0.25) is 0 Å². The van der Waals surface area contributed by atoms with Crippen molar-refractivity contribution in [2.24, 2.45) is 0 Å². The number of hydrogen-bond donors (Lipinski definition) is 3. The second kappa shape index (κ2) is 9.53. The van der Waals surface area contributed by atoms with Crippen LogP contribution in [-0.4, -0.2) is 22.5 Å². The summed E-state index contributed by atoms with van der Waals surface area (Å²) < 4.78 is 0. The van der Waals surface area contributed by atoms with Crippen molar-refractivity contribution in [2.45, 2.75) is 26.3 Å². The van der Waals surface area contributed by atoms with Crippen molar-refractivity contribution in [1.82, 2.24) is 10.6 Å².